The van der Waals surface area contributed by atoms with Crippen LogP contribution in [0.5, 0.6) is 5.75 Å². The highest BCUT2D eigenvalue weighted by atomic mass is 16.5. The molecule has 1 atom stereocenters. The summed E-state index contributed by atoms with van der Waals surface area (Å²) in [5.41, 5.74) is 2.69. The van der Waals surface area contributed by atoms with Gasteiger partial charge in [0.1, 0.15) is 5.75 Å². The fourth-order valence-electron chi connectivity index (χ4n) is 3.53. The summed E-state index contributed by atoms with van der Waals surface area (Å²) in [6, 6.07) is 13.3. The van der Waals surface area contributed by atoms with Crippen LogP contribution in [0.1, 0.15) is 36.6 Å². The second-order valence-corrected chi connectivity index (χ2v) is 6.63. The Labute approximate surface area is 145 Å². The fraction of sp³-hybridized carbons (Fsp3) is 0.500. The van der Waals surface area contributed by atoms with Gasteiger partial charge in [0.05, 0.1) is 7.11 Å². The molecular formula is C20H29N3O. The number of hydrogen-bond donors (Lipinski definition) is 1. The minimum absolute atomic E-state index is 0.427. The van der Waals surface area contributed by atoms with Crippen molar-refractivity contribution in [2.24, 2.45) is 7.05 Å². The van der Waals surface area contributed by atoms with E-state index in [9.17, 15) is 0 Å². The predicted molar refractivity (Wildman–Crippen MR) is 98.3 cm³/mol. The van der Waals surface area contributed by atoms with Crippen LogP contribution in [0, 0.1) is 0 Å². The van der Waals surface area contributed by atoms with Crippen molar-refractivity contribution in [3.05, 3.63) is 53.9 Å². The molecule has 2 heterocycles. The summed E-state index contributed by atoms with van der Waals surface area (Å²) >= 11 is 0. The molecule has 0 saturated carbocycles. The van der Waals surface area contributed by atoms with Crippen LogP contribution in [-0.4, -0.2) is 36.2 Å². The summed E-state index contributed by atoms with van der Waals surface area (Å²) in [6.07, 6.45) is 6.08. The number of rotatable bonds is 7. The molecular weight excluding hydrogens is 298 g/mol. The van der Waals surface area contributed by atoms with E-state index in [-0.39, 0.29) is 0 Å². The molecule has 4 nitrogen and oxygen atoms in total. The molecule has 3 rings (SSSR count). The maximum atomic E-state index is 5.31. The van der Waals surface area contributed by atoms with E-state index in [1.807, 2.05) is 0 Å². The molecule has 1 aliphatic rings. The number of nitrogens with one attached hydrogen (secondary N) is 1. The lowest BCUT2D eigenvalue weighted by Gasteiger charge is -2.35. The number of methoxy groups -OCH3 is 1. The van der Waals surface area contributed by atoms with Crippen LogP contribution < -0.4 is 10.1 Å². The lowest BCUT2D eigenvalue weighted by Crippen LogP contribution is -2.39. The quantitative estimate of drug-likeness (QED) is 0.846. The van der Waals surface area contributed by atoms with Gasteiger partial charge in [-0.1, -0.05) is 18.6 Å². The van der Waals surface area contributed by atoms with Crippen molar-refractivity contribution in [3.63, 3.8) is 0 Å². The highest BCUT2D eigenvalue weighted by molar-refractivity contribution is 5.29. The van der Waals surface area contributed by atoms with Crippen LogP contribution >= 0.6 is 0 Å². The van der Waals surface area contributed by atoms with Gasteiger partial charge in [-0.25, -0.2) is 0 Å². The molecule has 1 aromatic heterocycles. The van der Waals surface area contributed by atoms with Gasteiger partial charge in [-0.15, -0.1) is 0 Å². The van der Waals surface area contributed by atoms with Gasteiger partial charge in [-0.05, 0) is 55.8 Å². The molecule has 2 aromatic rings. The van der Waals surface area contributed by atoms with Crippen molar-refractivity contribution >= 4 is 0 Å². The lowest BCUT2D eigenvalue weighted by molar-refractivity contribution is 0.160. The summed E-state index contributed by atoms with van der Waals surface area (Å²) in [5, 5.41) is 3.66. The third kappa shape index (κ3) is 4.19. The number of likely N-dealkylation sites (tertiary alicyclic amines) is 1. The third-order valence-corrected chi connectivity index (χ3v) is 5.03. The van der Waals surface area contributed by atoms with E-state index in [1.54, 1.807) is 7.11 Å². The van der Waals surface area contributed by atoms with Crippen molar-refractivity contribution in [2.45, 2.75) is 31.8 Å². The van der Waals surface area contributed by atoms with E-state index < -0.39 is 0 Å². The Hall–Kier alpha value is -1.78. The van der Waals surface area contributed by atoms with E-state index in [1.165, 1.54) is 43.6 Å². The van der Waals surface area contributed by atoms with Gasteiger partial charge >= 0.3 is 0 Å². The zero-order chi connectivity index (χ0) is 16.8. The molecule has 0 radical (unpaired) electrons. The smallest absolute Gasteiger partial charge is 0.118 e. The van der Waals surface area contributed by atoms with Gasteiger partial charge in [0.2, 0.25) is 0 Å². The maximum Gasteiger partial charge on any atom is 0.118 e. The highest BCUT2D eigenvalue weighted by Gasteiger charge is 2.22. The molecule has 1 N–H and O–H groups in total. The summed E-state index contributed by atoms with van der Waals surface area (Å²) in [4.78, 5) is 2.63. The zero-order valence-electron chi connectivity index (χ0n) is 14.9. The average Bonchev–Trinajstić information content (AvgIpc) is 3.05. The monoisotopic (exact) mass is 327 g/mol. The molecule has 0 amide bonds. The van der Waals surface area contributed by atoms with Crippen LogP contribution in [0.2, 0.25) is 0 Å². The first kappa shape index (κ1) is 17.1. The van der Waals surface area contributed by atoms with Gasteiger partial charge in [0.25, 0.3) is 0 Å². The molecule has 1 aromatic carbocycles. The van der Waals surface area contributed by atoms with E-state index in [2.05, 4.69) is 64.4 Å². The largest absolute Gasteiger partial charge is 0.497 e. The van der Waals surface area contributed by atoms with E-state index in [4.69, 9.17) is 4.74 Å². The molecule has 1 saturated heterocycles. The first-order chi connectivity index (χ1) is 11.8. The summed E-state index contributed by atoms with van der Waals surface area (Å²) < 4.78 is 7.48. The van der Waals surface area contributed by atoms with Gasteiger partial charge in [-0.3, -0.25) is 4.90 Å². The van der Waals surface area contributed by atoms with E-state index >= 15 is 0 Å². The van der Waals surface area contributed by atoms with Crippen LogP contribution in [0.25, 0.3) is 0 Å². The van der Waals surface area contributed by atoms with E-state index in [0.29, 0.717) is 6.04 Å². The molecule has 1 fully saturated rings. The van der Waals surface area contributed by atoms with Crippen LogP contribution in [0.4, 0.5) is 0 Å². The van der Waals surface area contributed by atoms with E-state index in [0.717, 1.165) is 18.8 Å². The predicted octanol–water partition coefficient (Wildman–Crippen LogP) is 3.35. The number of benzene rings is 1. The highest BCUT2D eigenvalue weighted by Crippen LogP contribution is 2.26. The second kappa shape index (κ2) is 8.36. The molecule has 4 heteroatoms. The van der Waals surface area contributed by atoms with Crippen molar-refractivity contribution in [1.82, 2.24) is 14.8 Å². The number of hydrogen-bond acceptors (Lipinski definition) is 3. The first-order valence-corrected chi connectivity index (χ1v) is 8.97. The molecule has 130 valence electrons. The lowest BCUT2D eigenvalue weighted by atomic mass is 10.0. The Morgan fingerprint density at radius 3 is 2.46 bits per heavy atom. The molecule has 1 unspecified atom stereocenters. The SMILES string of the molecule is COc1ccc(C(CNCc2cccn2C)N2CCCCC2)cc1. The Bertz CT molecular complexity index is 614. The Morgan fingerprint density at radius 2 is 1.83 bits per heavy atom. The van der Waals surface area contributed by atoms with Crippen molar-refractivity contribution in [3.8, 4) is 5.75 Å². The van der Waals surface area contributed by atoms with Crippen molar-refractivity contribution in [1.29, 1.82) is 0 Å². The average molecular weight is 327 g/mol. The van der Waals surface area contributed by atoms with Crippen molar-refractivity contribution in [2.75, 3.05) is 26.7 Å². The minimum atomic E-state index is 0.427. The molecule has 0 bridgehead atoms. The molecule has 0 spiro atoms. The van der Waals surface area contributed by atoms with Gasteiger partial charge in [-0.2, -0.15) is 0 Å². The Kier molecular flexibility index (Phi) is 5.94. The maximum absolute atomic E-state index is 5.31. The minimum Gasteiger partial charge on any atom is -0.497 e. The molecule has 1 aliphatic heterocycles. The summed E-state index contributed by atoms with van der Waals surface area (Å²) in [7, 11) is 3.82. The molecule has 0 aliphatic carbocycles. The number of ether oxygens (including phenoxy) is 1. The topological polar surface area (TPSA) is 29.4 Å². The number of aromatic nitrogens is 1. The van der Waals surface area contributed by atoms with Crippen LogP contribution in [-0.2, 0) is 13.6 Å². The number of nitrogens with zero attached hydrogens (tertiary/aromatic N) is 2. The summed E-state index contributed by atoms with van der Waals surface area (Å²) in [5.74, 6) is 0.924. The second-order valence-electron chi connectivity index (χ2n) is 6.63. The first-order valence-electron chi connectivity index (χ1n) is 8.97. The fourth-order valence-corrected chi connectivity index (χ4v) is 3.53. The third-order valence-electron chi connectivity index (χ3n) is 5.03. The van der Waals surface area contributed by atoms with Crippen LogP contribution in [0.15, 0.2) is 42.6 Å². The Balaban J connectivity index is 1.67. The van der Waals surface area contributed by atoms with Gasteiger partial charge in [0, 0.05) is 38.1 Å². The van der Waals surface area contributed by atoms with Crippen LogP contribution in [0.3, 0.4) is 0 Å². The number of aryl methyl sites for hydroxylation is 1. The van der Waals surface area contributed by atoms with Crippen molar-refractivity contribution < 1.29 is 4.74 Å². The molecule has 24 heavy (non-hydrogen) atoms. The van der Waals surface area contributed by atoms with Gasteiger partial charge in [0.15, 0.2) is 0 Å². The van der Waals surface area contributed by atoms with Gasteiger partial charge < -0.3 is 14.6 Å². The Morgan fingerprint density at radius 1 is 1.08 bits per heavy atom. The zero-order valence-corrected chi connectivity index (χ0v) is 14.9. The standard InChI is InChI=1S/C20H29N3O/c1-22-12-6-7-18(22)15-21-16-20(23-13-4-3-5-14-23)17-8-10-19(24-2)11-9-17/h6-12,20-21H,3-5,13-16H2,1-2H3. The summed E-state index contributed by atoms with van der Waals surface area (Å²) in [6.45, 7) is 4.27. The normalized spacial score (nSPS) is 16.9. The number of piperidine rings is 1.